The van der Waals surface area contributed by atoms with Gasteiger partial charge in [-0.2, -0.15) is 0 Å². The molecule has 1 aliphatic rings. The second-order valence-electron chi connectivity index (χ2n) is 4.65. The summed E-state index contributed by atoms with van der Waals surface area (Å²) in [5, 5.41) is 0. The van der Waals surface area contributed by atoms with Gasteiger partial charge in [-0.05, 0) is 44.6 Å². The Labute approximate surface area is 120 Å². The Hall–Kier alpha value is -1.02. The standard InChI is InChI=1S/C13H20N2.2C2H6/c1-11-5-4-6-12(9-11)15(3)13-7-8-14(2)10-13;2*1-2/h4-6,9,13H,7-8,10H2,1-3H3;2*1-2H3. The second-order valence-corrected chi connectivity index (χ2v) is 4.65. The SMILES string of the molecule is CC.CC.Cc1cccc(N(C)C2CCN(C)C2)c1. The Morgan fingerprint density at radius 1 is 1.16 bits per heavy atom. The third-order valence-corrected chi connectivity index (χ3v) is 3.32. The highest BCUT2D eigenvalue weighted by Crippen LogP contribution is 2.21. The van der Waals surface area contributed by atoms with Crippen molar-refractivity contribution in [2.24, 2.45) is 0 Å². The van der Waals surface area contributed by atoms with Gasteiger partial charge in [0.1, 0.15) is 0 Å². The first kappa shape index (κ1) is 18.0. The van der Waals surface area contributed by atoms with Crippen LogP contribution in [0.5, 0.6) is 0 Å². The fourth-order valence-corrected chi connectivity index (χ4v) is 2.29. The van der Waals surface area contributed by atoms with Crippen LogP contribution in [0.25, 0.3) is 0 Å². The topological polar surface area (TPSA) is 6.48 Å². The Morgan fingerprint density at radius 3 is 2.26 bits per heavy atom. The third-order valence-electron chi connectivity index (χ3n) is 3.32. The summed E-state index contributed by atoms with van der Waals surface area (Å²) < 4.78 is 0. The van der Waals surface area contributed by atoms with E-state index in [1.165, 1.54) is 30.8 Å². The zero-order chi connectivity index (χ0) is 14.8. The molecule has 2 rings (SSSR count). The Morgan fingerprint density at radius 2 is 1.79 bits per heavy atom. The van der Waals surface area contributed by atoms with Crippen molar-refractivity contribution in [3.05, 3.63) is 29.8 Å². The van der Waals surface area contributed by atoms with Crippen LogP contribution in [0.3, 0.4) is 0 Å². The van der Waals surface area contributed by atoms with Crippen molar-refractivity contribution in [2.75, 3.05) is 32.1 Å². The van der Waals surface area contributed by atoms with Gasteiger partial charge in [-0.1, -0.05) is 39.8 Å². The first-order valence-corrected chi connectivity index (χ1v) is 7.65. The molecule has 0 saturated carbocycles. The van der Waals surface area contributed by atoms with Crippen molar-refractivity contribution in [3.63, 3.8) is 0 Å². The highest BCUT2D eigenvalue weighted by molar-refractivity contribution is 5.48. The van der Waals surface area contributed by atoms with Crippen molar-refractivity contribution in [1.82, 2.24) is 4.90 Å². The number of likely N-dealkylation sites (tertiary alicyclic amines) is 1. The third kappa shape index (κ3) is 5.65. The number of benzene rings is 1. The van der Waals surface area contributed by atoms with E-state index in [4.69, 9.17) is 0 Å². The van der Waals surface area contributed by atoms with Crippen LogP contribution in [0.1, 0.15) is 39.7 Å². The molecule has 1 aromatic carbocycles. The number of nitrogens with zero attached hydrogens (tertiary/aromatic N) is 2. The average Bonchev–Trinajstić information content (AvgIpc) is 2.89. The van der Waals surface area contributed by atoms with E-state index in [0.717, 1.165) is 0 Å². The smallest absolute Gasteiger partial charge is 0.0425 e. The lowest BCUT2D eigenvalue weighted by molar-refractivity contribution is 0.409. The molecule has 1 saturated heterocycles. The predicted octanol–water partition coefficient (Wildman–Crippen LogP) is 4.19. The Bertz CT molecular complexity index is 336. The van der Waals surface area contributed by atoms with Gasteiger partial charge in [0.15, 0.2) is 0 Å². The quantitative estimate of drug-likeness (QED) is 0.790. The normalized spacial score (nSPS) is 17.9. The van der Waals surface area contributed by atoms with Crippen LogP contribution >= 0.6 is 0 Å². The first-order chi connectivity index (χ1) is 9.16. The summed E-state index contributed by atoms with van der Waals surface area (Å²) in [6, 6.07) is 9.43. The van der Waals surface area contributed by atoms with Crippen molar-refractivity contribution in [3.8, 4) is 0 Å². The number of hydrogen-bond donors (Lipinski definition) is 0. The number of likely N-dealkylation sites (N-methyl/N-ethyl adjacent to an activating group) is 2. The van der Waals surface area contributed by atoms with Gasteiger partial charge in [0.05, 0.1) is 0 Å². The molecule has 0 spiro atoms. The molecule has 0 bridgehead atoms. The van der Waals surface area contributed by atoms with Crippen LogP contribution in [0.15, 0.2) is 24.3 Å². The van der Waals surface area contributed by atoms with E-state index in [9.17, 15) is 0 Å². The highest BCUT2D eigenvalue weighted by atomic mass is 15.2. The van der Waals surface area contributed by atoms with Crippen LogP contribution in [0.4, 0.5) is 5.69 Å². The largest absolute Gasteiger partial charge is 0.370 e. The molecule has 1 heterocycles. The van der Waals surface area contributed by atoms with Gasteiger partial charge >= 0.3 is 0 Å². The van der Waals surface area contributed by atoms with Gasteiger partial charge in [0.25, 0.3) is 0 Å². The van der Waals surface area contributed by atoms with E-state index >= 15 is 0 Å². The molecule has 1 atom stereocenters. The summed E-state index contributed by atoms with van der Waals surface area (Å²) in [5.74, 6) is 0. The summed E-state index contributed by atoms with van der Waals surface area (Å²) >= 11 is 0. The molecule has 2 nitrogen and oxygen atoms in total. The maximum absolute atomic E-state index is 2.41. The molecule has 0 radical (unpaired) electrons. The Kier molecular flexibility index (Phi) is 9.32. The van der Waals surface area contributed by atoms with Crippen LogP contribution in [0, 0.1) is 6.92 Å². The Balaban J connectivity index is 0.000000741. The number of hydrogen-bond acceptors (Lipinski definition) is 2. The molecular formula is C17H32N2. The minimum absolute atomic E-state index is 0.678. The number of anilines is 1. The van der Waals surface area contributed by atoms with Gasteiger partial charge < -0.3 is 9.80 Å². The molecule has 110 valence electrons. The molecule has 2 heteroatoms. The minimum atomic E-state index is 0.678. The molecule has 0 N–H and O–H groups in total. The van der Waals surface area contributed by atoms with Gasteiger partial charge in [-0.25, -0.2) is 0 Å². The maximum Gasteiger partial charge on any atom is 0.0425 e. The average molecular weight is 264 g/mol. The first-order valence-electron chi connectivity index (χ1n) is 7.65. The monoisotopic (exact) mass is 264 g/mol. The van der Waals surface area contributed by atoms with Gasteiger partial charge in [-0.15, -0.1) is 0 Å². The second kappa shape index (κ2) is 9.85. The van der Waals surface area contributed by atoms with E-state index < -0.39 is 0 Å². The number of rotatable bonds is 2. The molecule has 0 aromatic heterocycles. The van der Waals surface area contributed by atoms with E-state index in [1.54, 1.807) is 0 Å². The van der Waals surface area contributed by atoms with Gasteiger partial charge in [0, 0.05) is 25.3 Å². The zero-order valence-corrected chi connectivity index (χ0v) is 13.9. The van der Waals surface area contributed by atoms with E-state index in [0.29, 0.717) is 6.04 Å². The van der Waals surface area contributed by atoms with Crippen molar-refractivity contribution in [1.29, 1.82) is 0 Å². The van der Waals surface area contributed by atoms with Crippen molar-refractivity contribution < 1.29 is 0 Å². The fraction of sp³-hybridized carbons (Fsp3) is 0.647. The predicted molar refractivity (Wildman–Crippen MR) is 88.2 cm³/mol. The summed E-state index contributed by atoms with van der Waals surface area (Å²) in [4.78, 5) is 4.81. The fourth-order valence-electron chi connectivity index (χ4n) is 2.29. The molecule has 0 aliphatic carbocycles. The van der Waals surface area contributed by atoms with Crippen LogP contribution in [0.2, 0.25) is 0 Å². The van der Waals surface area contributed by atoms with Crippen LogP contribution < -0.4 is 4.90 Å². The zero-order valence-electron chi connectivity index (χ0n) is 13.9. The van der Waals surface area contributed by atoms with Crippen molar-refractivity contribution in [2.45, 2.75) is 47.1 Å². The lowest BCUT2D eigenvalue weighted by Crippen LogP contribution is -2.33. The molecule has 1 fully saturated rings. The van der Waals surface area contributed by atoms with E-state index in [1.807, 2.05) is 27.7 Å². The van der Waals surface area contributed by atoms with Gasteiger partial charge in [-0.3, -0.25) is 0 Å². The van der Waals surface area contributed by atoms with E-state index in [-0.39, 0.29) is 0 Å². The van der Waals surface area contributed by atoms with Crippen LogP contribution in [-0.4, -0.2) is 38.1 Å². The highest BCUT2D eigenvalue weighted by Gasteiger charge is 2.23. The summed E-state index contributed by atoms with van der Waals surface area (Å²) in [7, 11) is 4.41. The summed E-state index contributed by atoms with van der Waals surface area (Å²) in [6.45, 7) is 12.6. The van der Waals surface area contributed by atoms with E-state index in [2.05, 4.69) is 55.1 Å². The molecule has 0 amide bonds. The van der Waals surface area contributed by atoms with Crippen LogP contribution in [-0.2, 0) is 0 Å². The summed E-state index contributed by atoms with van der Waals surface area (Å²) in [5.41, 5.74) is 2.68. The molecule has 1 unspecified atom stereocenters. The molecule has 1 aliphatic heterocycles. The minimum Gasteiger partial charge on any atom is -0.370 e. The molecule has 1 aromatic rings. The lowest BCUT2D eigenvalue weighted by Gasteiger charge is -2.26. The number of aryl methyl sites for hydroxylation is 1. The van der Waals surface area contributed by atoms with Crippen molar-refractivity contribution >= 4 is 5.69 Å². The molecular weight excluding hydrogens is 232 g/mol. The maximum atomic E-state index is 2.41. The van der Waals surface area contributed by atoms with Gasteiger partial charge in [0.2, 0.25) is 0 Å². The summed E-state index contributed by atoms with van der Waals surface area (Å²) in [6.07, 6.45) is 1.28. The molecule has 19 heavy (non-hydrogen) atoms. The lowest BCUT2D eigenvalue weighted by atomic mass is 10.1.